The van der Waals surface area contributed by atoms with E-state index in [0.29, 0.717) is 28.6 Å². The number of rotatable bonds is 4. The maximum Gasteiger partial charge on any atom is 0.416 e. The fourth-order valence-electron chi connectivity index (χ4n) is 3.51. The first-order valence-electron chi connectivity index (χ1n) is 9.98. The Balaban J connectivity index is 1.76. The van der Waals surface area contributed by atoms with Crippen molar-refractivity contribution >= 4 is 17.5 Å². The van der Waals surface area contributed by atoms with E-state index in [0.717, 1.165) is 44.0 Å². The van der Waals surface area contributed by atoms with Gasteiger partial charge in [0.2, 0.25) is 0 Å². The predicted octanol–water partition coefficient (Wildman–Crippen LogP) is 4.00. The first-order valence-corrected chi connectivity index (χ1v) is 9.98. The third-order valence-electron chi connectivity index (χ3n) is 5.16. The first-order chi connectivity index (χ1) is 14.7. The van der Waals surface area contributed by atoms with Crippen LogP contribution in [0.1, 0.15) is 16.8 Å². The van der Waals surface area contributed by atoms with Crippen molar-refractivity contribution in [2.75, 3.05) is 43.4 Å². The van der Waals surface area contributed by atoms with Crippen LogP contribution < -0.4 is 10.2 Å². The van der Waals surface area contributed by atoms with Gasteiger partial charge >= 0.3 is 6.18 Å². The molecule has 1 fully saturated rings. The van der Waals surface area contributed by atoms with E-state index in [1.807, 2.05) is 13.0 Å². The number of aromatic nitrogens is 4. The molecule has 164 valence electrons. The van der Waals surface area contributed by atoms with Gasteiger partial charge in [0.15, 0.2) is 11.6 Å². The number of nitrogens with one attached hydrogen (secondary N) is 2. The average Bonchev–Trinajstić information content (AvgIpc) is 3.11. The van der Waals surface area contributed by atoms with E-state index in [-0.39, 0.29) is 5.82 Å². The average molecular weight is 431 g/mol. The number of alkyl halides is 3. The molecule has 7 nitrogen and oxygen atoms in total. The van der Waals surface area contributed by atoms with E-state index >= 15 is 0 Å². The molecule has 0 saturated carbocycles. The number of aryl methyl sites for hydroxylation is 2. The summed E-state index contributed by atoms with van der Waals surface area (Å²) in [5, 5.41) is 10.1. The van der Waals surface area contributed by atoms with Crippen LogP contribution in [-0.4, -0.2) is 58.3 Å². The summed E-state index contributed by atoms with van der Waals surface area (Å²) in [6, 6.07) is 7.52. The molecule has 0 radical (unpaired) electrons. The first kappa shape index (κ1) is 21.1. The van der Waals surface area contributed by atoms with Crippen molar-refractivity contribution in [3.05, 3.63) is 47.2 Å². The normalized spacial score (nSPS) is 15.4. The summed E-state index contributed by atoms with van der Waals surface area (Å²) in [6.45, 7) is 6.82. The largest absolute Gasteiger partial charge is 0.416 e. The maximum absolute atomic E-state index is 13.4. The van der Waals surface area contributed by atoms with Crippen molar-refractivity contribution in [2.24, 2.45) is 0 Å². The standard InChI is InChI=1S/C21H24F3N7/c1-13-8-15(11-16(9-13)21(22,23)24)20-26-17(25-18-10-14(2)28-29-18)12-19(27-20)31-6-4-30(3)5-7-31/h8-12H,4-7H2,1-3H3,(H2,25,26,27,28,29). The van der Waals surface area contributed by atoms with Crippen molar-refractivity contribution in [1.29, 1.82) is 0 Å². The fraction of sp³-hybridized carbons (Fsp3) is 0.381. The third-order valence-corrected chi connectivity index (χ3v) is 5.16. The number of hydrogen-bond donors (Lipinski definition) is 2. The molecule has 3 heterocycles. The Morgan fingerprint density at radius 2 is 1.68 bits per heavy atom. The Morgan fingerprint density at radius 1 is 0.935 bits per heavy atom. The third kappa shape index (κ3) is 4.96. The van der Waals surface area contributed by atoms with Gasteiger partial charge in [-0.15, -0.1) is 0 Å². The van der Waals surface area contributed by atoms with Crippen LogP contribution in [-0.2, 0) is 6.18 Å². The summed E-state index contributed by atoms with van der Waals surface area (Å²) < 4.78 is 40.1. The fourth-order valence-corrected chi connectivity index (χ4v) is 3.51. The number of likely N-dealkylation sites (N-methyl/N-ethyl adjacent to an activating group) is 1. The highest BCUT2D eigenvalue weighted by Crippen LogP contribution is 2.33. The highest BCUT2D eigenvalue weighted by Gasteiger charge is 2.31. The second-order valence-corrected chi connectivity index (χ2v) is 7.87. The Bertz CT molecular complexity index is 1070. The summed E-state index contributed by atoms with van der Waals surface area (Å²) in [7, 11) is 2.06. The lowest BCUT2D eigenvalue weighted by Gasteiger charge is -2.33. The van der Waals surface area contributed by atoms with Gasteiger partial charge in [0, 0.05) is 49.6 Å². The summed E-state index contributed by atoms with van der Waals surface area (Å²) in [5.74, 6) is 1.95. The molecule has 2 N–H and O–H groups in total. The molecular formula is C21H24F3N7. The summed E-state index contributed by atoms with van der Waals surface area (Å²) >= 11 is 0. The molecule has 1 aliphatic heterocycles. The number of aromatic amines is 1. The van der Waals surface area contributed by atoms with E-state index in [9.17, 15) is 13.2 Å². The van der Waals surface area contributed by atoms with Crippen molar-refractivity contribution < 1.29 is 13.2 Å². The van der Waals surface area contributed by atoms with Crippen LogP contribution in [0.15, 0.2) is 30.3 Å². The Morgan fingerprint density at radius 3 is 2.32 bits per heavy atom. The molecule has 3 aromatic rings. The lowest BCUT2D eigenvalue weighted by molar-refractivity contribution is -0.137. The van der Waals surface area contributed by atoms with Crippen LogP contribution in [0.3, 0.4) is 0 Å². The van der Waals surface area contributed by atoms with Crippen LogP contribution in [0, 0.1) is 13.8 Å². The molecule has 1 saturated heterocycles. The second-order valence-electron chi connectivity index (χ2n) is 7.87. The van der Waals surface area contributed by atoms with Gasteiger partial charge in [-0.25, -0.2) is 9.97 Å². The molecule has 10 heteroatoms. The molecule has 1 aromatic carbocycles. The van der Waals surface area contributed by atoms with E-state index in [1.54, 1.807) is 19.1 Å². The molecule has 0 aliphatic carbocycles. The zero-order valence-electron chi connectivity index (χ0n) is 17.6. The number of piperazine rings is 1. The SMILES string of the molecule is Cc1cc(-c2nc(Nc3cc(C)[nH]n3)cc(N3CCN(C)CC3)n2)cc(C(F)(F)F)c1. The number of H-pyrrole nitrogens is 1. The smallest absolute Gasteiger partial charge is 0.354 e. The van der Waals surface area contributed by atoms with Crippen LogP contribution in [0.4, 0.5) is 30.6 Å². The summed E-state index contributed by atoms with van der Waals surface area (Å²) in [6.07, 6.45) is -4.44. The van der Waals surface area contributed by atoms with Crippen LogP contribution >= 0.6 is 0 Å². The lowest BCUT2D eigenvalue weighted by atomic mass is 10.1. The van der Waals surface area contributed by atoms with E-state index in [2.05, 4.69) is 42.3 Å². The highest BCUT2D eigenvalue weighted by molar-refractivity contribution is 5.66. The van der Waals surface area contributed by atoms with Gasteiger partial charge in [-0.05, 0) is 44.7 Å². The maximum atomic E-state index is 13.4. The van der Waals surface area contributed by atoms with Crippen molar-refractivity contribution in [1.82, 2.24) is 25.1 Å². The van der Waals surface area contributed by atoms with Gasteiger partial charge in [-0.1, -0.05) is 0 Å². The molecule has 0 unspecified atom stereocenters. The Labute approximate surface area is 178 Å². The predicted molar refractivity (Wildman–Crippen MR) is 114 cm³/mol. The zero-order valence-corrected chi connectivity index (χ0v) is 17.6. The highest BCUT2D eigenvalue weighted by atomic mass is 19.4. The quantitative estimate of drug-likeness (QED) is 0.651. The lowest BCUT2D eigenvalue weighted by Crippen LogP contribution is -2.44. The Kier molecular flexibility index (Phi) is 5.57. The van der Waals surface area contributed by atoms with Crippen molar-refractivity contribution in [3.63, 3.8) is 0 Å². The minimum Gasteiger partial charge on any atom is -0.354 e. The van der Waals surface area contributed by atoms with Crippen LogP contribution in [0.25, 0.3) is 11.4 Å². The molecule has 0 spiro atoms. The number of hydrogen-bond acceptors (Lipinski definition) is 6. The minimum atomic E-state index is -4.44. The van der Waals surface area contributed by atoms with Gasteiger partial charge < -0.3 is 15.1 Å². The summed E-state index contributed by atoms with van der Waals surface area (Å²) in [5.41, 5.74) is 0.985. The molecule has 0 bridgehead atoms. The monoisotopic (exact) mass is 431 g/mol. The number of anilines is 3. The van der Waals surface area contributed by atoms with Gasteiger partial charge in [-0.2, -0.15) is 18.3 Å². The molecule has 2 aromatic heterocycles. The summed E-state index contributed by atoms with van der Waals surface area (Å²) in [4.78, 5) is 13.5. The number of halogens is 3. The number of nitrogens with zero attached hydrogens (tertiary/aromatic N) is 5. The van der Waals surface area contributed by atoms with Crippen molar-refractivity contribution in [2.45, 2.75) is 20.0 Å². The molecule has 1 aliphatic rings. The van der Waals surface area contributed by atoms with E-state index in [1.165, 1.54) is 0 Å². The van der Waals surface area contributed by atoms with Gasteiger partial charge in [0.25, 0.3) is 0 Å². The van der Waals surface area contributed by atoms with Gasteiger partial charge in [-0.3, -0.25) is 5.10 Å². The van der Waals surface area contributed by atoms with Gasteiger partial charge in [0.1, 0.15) is 11.6 Å². The molecule has 0 amide bonds. The van der Waals surface area contributed by atoms with E-state index in [4.69, 9.17) is 0 Å². The van der Waals surface area contributed by atoms with Crippen molar-refractivity contribution in [3.8, 4) is 11.4 Å². The molecule has 4 rings (SSSR count). The molecular weight excluding hydrogens is 407 g/mol. The Hall–Kier alpha value is -3.14. The van der Waals surface area contributed by atoms with Crippen LogP contribution in [0.5, 0.6) is 0 Å². The topological polar surface area (TPSA) is 73.0 Å². The zero-order chi connectivity index (χ0) is 22.2. The van der Waals surface area contributed by atoms with Crippen LogP contribution in [0.2, 0.25) is 0 Å². The number of benzene rings is 1. The van der Waals surface area contributed by atoms with Gasteiger partial charge in [0.05, 0.1) is 5.56 Å². The second kappa shape index (κ2) is 8.18. The molecule has 31 heavy (non-hydrogen) atoms. The van der Waals surface area contributed by atoms with E-state index < -0.39 is 11.7 Å². The molecule has 0 atom stereocenters. The minimum absolute atomic E-state index is 0.236.